The summed E-state index contributed by atoms with van der Waals surface area (Å²) in [6.45, 7) is 16.2. The van der Waals surface area contributed by atoms with Gasteiger partial charge in [0, 0.05) is 25.7 Å². The van der Waals surface area contributed by atoms with Crippen LogP contribution < -0.4 is 0 Å². The van der Waals surface area contributed by atoms with Gasteiger partial charge >= 0.3 is 5.97 Å². The fourth-order valence-corrected chi connectivity index (χ4v) is 6.35. The number of rotatable bonds is 13. The van der Waals surface area contributed by atoms with Crippen molar-refractivity contribution >= 4 is 17.8 Å². The number of hydrogen-bond acceptors (Lipinski definition) is 6. The summed E-state index contributed by atoms with van der Waals surface area (Å²) in [4.78, 5) is 44.7. The zero-order chi connectivity index (χ0) is 26.0. The maximum atomic E-state index is 14.1. The van der Waals surface area contributed by atoms with Crippen molar-refractivity contribution < 1.29 is 29.0 Å². The van der Waals surface area contributed by atoms with Crippen molar-refractivity contribution in [1.29, 1.82) is 0 Å². The molecule has 196 valence electrons. The molecule has 3 saturated heterocycles. The van der Waals surface area contributed by atoms with Gasteiger partial charge in [0.2, 0.25) is 11.8 Å². The zero-order valence-electron chi connectivity index (χ0n) is 21.7. The Kier molecular flexibility index (Phi) is 8.48. The lowest BCUT2D eigenvalue weighted by atomic mass is 9.62. The van der Waals surface area contributed by atoms with Gasteiger partial charge in [0.25, 0.3) is 0 Å². The van der Waals surface area contributed by atoms with Crippen LogP contribution in [0.25, 0.3) is 0 Å². The Morgan fingerprint density at radius 3 is 2.60 bits per heavy atom. The number of likely N-dealkylation sites (tertiary alicyclic amines) is 1. The van der Waals surface area contributed by atoms with Crippen LogP contribution >= 0.6 is 0 Å². The molecule has 3 aliphatic heterocycles. The van der Waals surface area contributed by atoms with E-state index in [0.717, 1.165) is 6.42 Å². The molecule has 1 spiro atoms. The Bertz CT molecular complexity index is 844. The number of unbranched alkanes of at least 4 members (excludes halogenated alkanes) is 2. The fraction of sp³-hybridized carbons (Fsp3) is 0.741. The van der Waals surface area contributed by atoms with Gasteiger partial charge in [-0.1, -0.05) is 19.1 Å². The van der Waals surface area contributed by atoms with Crippen molar-refractivity contribution in [3.63, 3.8) is 0 Å². The highest BCUT2D eigenvalue weighted by Gasteiger charge is 2.80. The van der Waals surface area contributed by atoms with Crippen LogP contribution in [-0.2, 0) is 23.9 Å². The van der Waals surface area contributed by atoms with Gasteiger partial charge in [0.15, 0.2) is 0 Å². The summed E-state index contributed by atoms with van der Waals surface area (Å²) < 4.78 is 12.3. The minimum Gasteiger partial charge on any atom is -0.465 e. The molecule has 0 saturated carbocycles. The molecule has 0 radical (unpaired) electrons. The van der Waals surface area contributed by atoms with Crippen molar-refractivity contribution in [2.75, 3.05) is 26.3 Å². The van der Waals surface area contributed by atoms with Gasteiger partial charge < -0.3 is 24.4 Å². The molecular formula is C27H42N2O6. The molecule has 1 N–H and O–H groups in total. The second-order valence-electron chi connectivity index (χ2n) is 10.6. The van der Waals surface area contributed by atoms with E-state index in [0.29, 0.717) is 38.8 Å². The molecule has 6 atom stereocenters. The third-order valence-electron chi connectivity index (χ3n) is 8.14. The SMILES string of the molecule is C=CCCCOC(=O)[C@@H]1[C@H]2C(=O)N(CCCCO)C(C(=O)N(CC=C)C(C)C)C23CC(C)[C@@]1(C)O3. The number of aliphatic hydroxyl groups is 1. The van der Waals surface area contributed by atoms with E-state index in [1.807, 2.05) is 27.7 Å². The molecular weight excluding hydrogens is 448 g/mol. The van der Waals surface area contributed by atoms with E-state index in [1.165, 1.54) is 0 Å². The lowest BCUT2D eigenvalue weighted by Gasteiger charge is -2.38. The van der Waals surface area contributed by atoms with Crippen LogP contribution in [0.15, 0.2) is 25.3 Å². The molecule has 3 rings (SSSR count). The monoisotopic (exact) mass is 490 g/mol. The van der Waals surface area contributed by atoms with Crippen LogP contribution in [0.1, 0.15) is 59.8 Å². The van der Waals surface area contributed by atoms with E-state index in [2.05, 4.69) is 13.2 Å². The minimum atomic E-state index is -1.08. The van der Waals surface area contributed by atoms with Crippen LogP contribution in [0, 0.1) is 17.8 Å². The van der Waals surface area contributed by atoms with E-state index < -0.39 is 35.0 Å². The van der Waals surface area contributed by atoms with Crippen molar-refractivity contribution in [1.82, 2.24) is 9.80 Å². The Balaban J connectivity index is 2.01. The maximum absolute atomic E-state index is 14.1. The van der Waals surface area contributed by atoms with E-state index in [4.69, 9.17) is 9.47 Å². The molecule has 2 amide bonds. The number of nitrogens with zero attached hydrogens (tertiary/aromatic N) is 2. The van der Waals surface area contributed by atoms with Crippen LogP contribution in [0.4, 0.5) is 0 Å². The zero-order valence-corrected chi connectivity index (χ0v) is 21.7. The van der Waals surface area contributed by atoms with Crippen LogP contribution in [-0.4, -0.2) is 82.3 Å². The smallest absolute Gasteiger partial charge is 0.312 e. The third-order valence-corrected chi connectivity index (χ3v) is 8.14. The lowest BCUT2D eigenvalue weighted by Crippen LogP contribution is -2.57. The first-order valence-corrected chi connectivity index (χ1v) is 12.9. The highest BCUT2D eigenvalue weighted by Crippen LogP contribution is 2.65. The van der Waals surface area contributed by atoms with E-state index >= 15 is 0 Å². The lowest BCUT2D eigenvalue weighted by molar-refractivity contribution is -0.162. The summed E-state index contributed by atoms with van der Waals surface area (Å²) in [6.07, 6.45) is 6.45. The second kappa shape index (κ2) is 10.8. The number of carbonyl (C=O) groups is 3. The van der Waals surface area contributed by atoms with Crippen LogP contribution in [0.3, 0.4) is 0 Å². The quantitative estimate of drug-likeness (QED) is 0.242. The molecule has 2 bridgehead atoms. The molecule has 0 aromatic rings. The van der Waals surface area contributed by atoms with Crippen molar-refractivity contribution in [2.45, 2.75) is 83.1 Å². The topological polar surface area (TPSA) is 96.4 Å². The Hall–Kier alpha value is -2.19. The van der Waals surface area contributed by atoms with Crippen molar-refractivity contribution in [3.8, 4) is 0 Å². The summed E-state index contributed by atoms with van der Waals surface area (Å²) >= 11 is 0. The minimum absolute atomic E-state index is 0.00899. The summed E-state index contributed by atoms with van der Waals surface area (Å²) in [5, 5.41) is 9.30. The summed E-state index contributed by atoms with van der Waals surface area (Å²) in [5.74, 6) is -2.41. The van der Waals surface area contributed by atoms with Gasteiger partial charge in [0.1, 0.15) is 17.6 Å². The van der Waals surface area contributed by atoms with Crippen molar-refractivity contribution in [3.05, 3.63) is 25.3 Å². The first-order valence-electron chi connectivity index (χ1n) is 12.9. The van der Waals surface area contributed by atoms with Crippen molar-refractivity contribution in [2.24, 2.45) is 17.8 Å². The molecule has 3 fully saturated rings. The predicted octanol–water partition coefficient (Wildman–Crippen LogP) is 2.70. The maximum Gasteiger partial charge on any atom is 0.312 e. The van der Waals surface area contributed by atoms with Gasteiger partial charge in [-0.25, -0.2) is 0 Å². The molecule has 35 heavy (non-hydrogen) atoms. The molecule has 3 heterocycles. The van der Waals surface area contributed by atoms with E-state index in [1.54, 1.807) is 22.0 Å². The highest BCUT2D eigenvalue weighted by molar-refractivity contribution is 5.98. The van der Waals surface area contributed by atoms with Gasteiger partial charge in [-0.3, -0.25) is 14.4 Å². The molecule has 3 aliphatic rings. The summed E-state index contributed by atoms with van der Waals surface area (Å²) in [6, 6.07) is -0.925. The Morgan fingerprint density at radius 1 is 1.29 bits per heavy atom. The first-order chi connectivity index (χ1) is 16.6. The van der Waals surface area contributed by atoms with E-state index in [-0.39, 0.29) is 37.0 Å². The summed E-state index contributed by atoms with van der Waals surface area (Å²) in [5.41, 5.74) is -1.96. The standard InChI is InChI=1S/C27H42N2O6/c1-7-9-12-16-34-25(33)21-20-23(31)29(14-10-11-15-30)22(24(32)28(13-8-2)18(3)4)27(20)17-19(5)26(21,6)35-27/h7-8,18-22,30H,1-2,9-17H2,3-6H3/t19?,20-,21-,22?,26+,27?/m0/s1. The third kappa shape index (κ3) is 4.55. The van der Waals surface area contributed by atoms with Crippen LogP contribution in [0.5, 0.6) is 0 Å². The number of aliphatic hydroxyl groups excluding tert-OH is 1. The molecule has 8 nitrogen and oxygen atoms in total. The molecule has 0 aromatic carbocycles. The largest absolute Gasteiger partial charge is 0.465 e. The molecule has 3 unspecified atom stereocenters. The normalized spacial score (nSPS) is 33.2. The van der Waals surface area contributed by atoms with Gasteiger partial charge in [-0.05, 0) is 58.8 Å². The number of ether oxygens (including phenoxy) is 2. The second-order valence-corrected chi connectivity index (χ2v) is 10.6. The number of carbonyl (C=O) groups excluding carboxylic acids is 3. The number of allylic oxidation sites excluding steroid dienone is 1. The Morgan fingerprint density at radius 2 is 2.00 bits per heavy atom. The molecule has 0 aliphatic carbocycles. The number of hydrogen-bond donors (Lipinski definition) is 1. The number of fused-ring (bicyclic) bond motifs is 1. The average molecular weight is 491 g/mol. The molecule has 8 heteroatoms. The van der Waals surface area contributed by atoms with E-state index in [9.17, 15) is 19.5 Å². The summed E-state index contributed by atoms with van der Waals surface area (Å²) in [7, 11) is 0. The highest BCUT2D eigenvalue weighted by atomic mass is 16.6. The Labute approximate surface area is 209 Å². The average Bonchev–Trinajstić information content (AvgIpc) is 3.31. The number of esters is 1. The van der Waals surface area contributed by atoms with Gasteiger partial charge in [-0.15, -0.1) is 13.2 Å². The van der Waals surface area contributed by atoms with Gasteiger partial charge in [0.05, 0.1) is 18.1 Å². The van der Waals surface area contributed by atoms with Crippen LogP contribution in [0.2, 0.25) is 0 Å². The van der Waals surface area contributed by atoms with Gasteiger partial charge in [-0.2, -0.15) is 0 Å². The fourth-order valence-electron chi connectivity index (χ4n) is 6.35. The first kappa shape index (κ1) is 27.4. The predicted molar refractivity (Wildman–Crippen MR) is 132 cm³/mol. The number of amides is 2. The molecule has 0 aromatic heterocycles.